The number of carboxylic acids is 1. The van der Waals surface area contributed by atoms with E-state index in [2.05, 4.69) is 53.6 Å². The smallest absolute Gasteiger partial charge is 0.303 e. The summed E-state index contributed by atoms with van der Waals surface area (Å²) < 4.78 is 0. The maximum atomic E-state index is 10.4. The summed E-state index contributed by atoms with van der Waals surface area (Å²) >= 11 is 0. The summed E-state index contributed by atoms with van der Waals surface area (Å²) in [6.07, 6.45) is 14.9. The van der Waals surface area contributed by atoms with Crippen molar-refractivity contribution < 1.29 is 9.90 Å². The summed E-state index contributed by atoms with van der Waals surface area (Å²) in [7, 11) is 2.06. The maximum absolute atomic E-state index is 10.4. The van der Waals surface area contributed by atoms with Crippen LogP contribution in [0.4, 0.5) is 0 Å². The Morgan fingerprint density at radius 1 is 1.15 bits per heavy atom. The van der Waals surface area contributed by atoms with Gasteiger partial charge in [-0.05, 0) is 48.5 Å². The summed E-state index contributed by atoms with van der Waals surface area (Å²) in [6.45, 7) is 2.78. The van der Waals surface area contributed by atoms with Crippen LogP contribution in [-0.2, 0) is 4.79 Å². The molecule has 0 bridgehead atoms. The summed E-state index contributed by atoms with van der Waals surface area (Å²) in [6, 6.07) is 0. The zero-order valence-corrected chi connectivity index (χ0v) is 12.0. The second kappa shape index (κ2) is 6.98. The Morgan fingerprint density at radius 2 is 1.85 bits per heavy atom. The van der Waals surface area contributed by atoms with Gasteiger partial charge < -0.3 is 14.9 Å². The number of allylic oxidation sites excluding steroid dienone is 4. The van der Waals surface area contributed by atoms with Crippen molar-refractivity contribution in [3.8, 4) is 0 Å². The van der Waals surface area contributed by atoms with Gasteiger partial charge in [0.25, 0.3) is 0 Å². The lowest BCUT2D eigenvalue weighted by Crippen LogP contribution is -2.22. The second-order valence-corrected chi connectivity index (χ2v) is 5.24. The molecule has 108 valence electrons. The molecule has 1 N–H and O–H groups in total. The molecule has 2 aliphatic heterocycles. The monoisotopic (exact) mass is 274 g/mol. The molecule has 20 heavy (non-hydrogen) atoms. The number of likely N-dealkylation sites (N-methyl/N-ethyl adjacent to an activating group) is 1. The highest BCUT2D eigenvalue weighted by atomic mass is 16.4. The van der Waals surface area contributed by atoms with Crippen LogP contribution in [0.15, 0.2) is 47.9 Å². The Morgan fingerprint density at radius 3 is 2.40 bits per heavy atom. The van der Waals surface area contributed by atoms with Crippen LogP contribution in [0, 0.1) is 0 Å². The van der Waals surface area contributed by atoms with Crippen molar-refractivity contribution in [1.29, 1.82) is 0 Å². The molecule has 0 aromatic carbocycles. The molecule has 2 aliphatic rings. The third-order valence-corrected chi connectivity index (χ3v) is 3.54. The number of rotatable bonds is 6. The molecule has 0 saturated carbocycles. The Bertz CT molecular complexity index is 475. The Balaban J connectivity index is 1.76. The van der Waals surface area contributed by atoms with Gasteiger partial charge in [-0.25, -0.2) is 0 Å². The molecule has 2 heterocycles. The first-order valence-electron chi connectivity index (χ1n) is 7.08. The van der Waals surface area contributed by atoms with E-state index in [0.717, 1.165) is 32.5 Å². The topological polar surface area (TPSA) is 43.8 Å². The van der Waals surface area contributed by atoms with Crippen LogP contribution in [0.25, 0.3) is 0 Å². The van der Waals surface area contributed by atoms with Crippen LogP contribution < -0.4 is 0 Å². The standard InChI is InChI=1S/C16H22N2O2/c1-17-10-5-14(6-11-17)15-7-12-18(13-8-15)9-3-2-4-16(19)20/h5-8,10,12H,2-4,9,11,13H2,1H3,(H,19,20). The fraction of sp³-hybridized carbons (Fsp3) is 0.438. The highest BCUT2D eigenvalue weighted by molar-refractivity contribution is 5.66. The zero-order valence-electron chi connectivity index (χ0n) is 12.0. The van der Waals surface area contributed by atoms with Crippen LogP contribution in [0.3, 0.4) is 0 Å². The average Bonchev–Trinajstić information content (AvgIpc) is 2.45. The first-order chi connectivity index (χ1) is 9.65. The van der Waals surface area contributed by atoms with Gasteiger partial charge in [0.15, 0.2) is 0 Å². The first kappa shape index (κ1) is 14.4. The lowest BCUT2D eigenvalue weighted by atomic mass is 10.0. The lowest BCUT2D eigenvalue weighted by molar-refractivity contribution is -0.137. The quantitative estimate of drug-likeness (QED) is 0.755. The predicted molar refractivity (Wildman–Crippen MR) is 80.1 cm³/mol. The molecule has 0 unspecified atom stereocenters. The zero-order chi connectivity index (χ0) is 14.4. The van der Waals surface area contributed by atoms with Crippen molar-refractivity contribution in [3.05, 3.63) is 47.9 Å². The minimum Gasteiger partial charge on any atom is -0.481 e. The van der Waals surface area contributed by atoms with Crippen molar-refractivity contribution >= 4 is 5.97 Å². The largest absolute Gasteiger partial charge is 0.481 e. The summed E-state index contributed by atoms with van der Waals surface area (Å²) in [5.74, 6) is -0.706. The van der Waals surface area contributed by atoms with E-state index in [1.165, 1.54) is 11.1 Å². The van der Waals surface area contributed by atoms with E-state index >= 15 is 0 Å². The van der Waals surface area contributed by atoms with Crippen molar-refractivity contribution in [2.24, 2.45) is 0 Å². The van der Waals surface area contributed by atoms with E-state index in [1.807, 2.05) is 0 Å². The minimum absolute atomic E-state index is 0.268. The van der Waals surface area contributed by atoms with Crippen LogP contribution in [0.2, 0.25) is 0 Å². The van der Waals surface area contributed by atoms with Crippen LogP contribution in [0.1, 0.15) is 19.3 Å². The fourth-order valence-electron chi connectivity index (χ4n) is 2.29. The molecule has 0 aromatic rings. The molecule has 0 atom stereocenters. The van der Waals surface area contributed by atoms with Gasteiger partial charge in [-0.15, -0.1) is 0 Å². The fourth-order valence-corrected chi connectivity index (χ4v) is 2.29. The van der Waals surface area contributed by atoms with Crippen molar-refractivity contribution in [3.63, 3.8) is 0 Å². The Labute approximate surface area is 120 Å². The highest BCUT2D eigenvalue weighted by Crippen LogP contribution is 2.20. The number of carboxylic acid groups (broad SMARTS) is 1. The molecule has 2 rings (SSSR count). The van der Waals surface area contributed by atoms with E-state index in [1.54, 1.807) is 0 Å². The molecule has 4 nitrogen and oxygen atoms in total. The van der Waals surface area contributed by atoms with E-state index in [9.17, 15) is 4.79 Å². The van der Waals surface area contributed by atoms with E-state index < -0.39 is 5.97 Å². The normalized spacial score (nSPS) is 18.1. The molecule has 0 spiro atoms. The van der Waals surface area contributed by atoms with Gasteiger partial charge in [-0.3, -0.25) is 4.79 Å². The van der Waals surface area contributed by atoms with E-state index in [0.29, 0.717) is 0 Å². The average molecular weight is 274 g/mol. The van der Waals surface area contributed by atoms with Crippen LogP contribution in [-0.4, -0.2) is 47.6 Å². The van der Waals surface area contributed by atoms with Gasteiger partial charge in [0.2, 0.25) is 0 Å². The summed E-state index contributed by atoms with van der Waals surface area (Å²) in [5, 5.41) is 8.59. The molecule has 0 aromatic heterocycles. The number of hydrogen-bond donors (Lipinski definition) is 1. The van der Waals surface area contributed by atoms with E-state index in [-0.39, 0.29) is 6.42 Å². The van der Waals surface area contributed by atoms with Gasteiger partial charge in [0.05, 0.1) is 0 Å². The van der Waals surface area contributed by atoms with Gasteiger partial charge in [0.1, 0.15) is 0 Å². The molecule has 0 saturated heterocycles. The molecule has 0 fully saturated rings. The van der Waals surface area contributed by atoms with Crippen LogP contribution in [0.5, 0.6) is 0 Å². The minimum atomic E-state index is -0.706. The molecule has 0 aliphatic carbocycles. The van der Waals surface area contributed by atoms with Gasteiger partial charge >= 0.3 is 5.97 Å². The van der Waals surface area contributed by atoms with Crippen molar-refractivity contribution in [2.45, 2.75) is 19.3 Å². The predicted octanol–water partition coefficient (Wildman–Crippen LogP) is 2.38. The Hall–Kier alpha value is -1.97. The third kappa shape index (κ3) is 4.30. The molecule has 4 heteroatoms. The maximum Gasteiger partial charge on any atom is 0.303 e. The van der Waals surface area contributed by atoms with Crippen molar-refractivity contribution in [2.75, 3.05) is 26.7 Å². The van der Waals surface area contributed by atoms with Gasteiger partial charge in [0, 0.05) is 33.1 Å². The molecule has 0 amide bonds. The first-order valence-corrected chi connectivity index (χ1v) is 7.08. The molecule has 0 radical (unpaired) electrons. The Kier molecular flexibility index (Phi) is 5.04. The summed E-state index contributed by atoms with van der Waals surface area (Å²) in [4.78, 5) is 14.8. The SMILES string of the molecule is CN1C=CC(C2=CCN(CCCCC(=O)O)C=C2)=CC1. The number of unbranched alkanes of at least 4 members (excludes halogenated alkanes) is 1. The van der Waals surface area contributed by atoms with Crippen molar-refractivity contribution in [1.82, 2.24) is 9.80 Å². The number of carbonyl (C=O) groups is 1. The van der Waals surface area contributed by atoms with Gasteiger partial charge in [-0.1, -0.05) is 12.2 Å². The molecular formula is C16H22N2O2. The number of hydrogen-bond acceptors (Lipinski definition) is 3. The second-order valence-electron chi connectivity index (χ2n) is 5.24. The van der Waals surface area contributed by atoms with Gasteiger partial charge in [-0.2, -0.15) is 0 Å². The number of nitrogens with zero attached hydrogens (tertiary/aromatic N) is 2. The summed E-state index contributed by atoms with van der Waals surface area (Å²) in [5.41, 5.74) is 2.56. The molecular weight excluding hydrogens is 252 g/mol. The van der Waals surface area contributed by atoms with E-state index in [4.69, 9.17) is 5.11 Å². The third-order valence-electron chi connectivity index (χ3n) is 3.54. The lowest BCUT2D eigenvalue weighted by Gasteiger charge is -2.24. The van der Waals surface area contributed by atoms with Crippen LogP contribution >= 0.6 is 0 Å². The number of aliphatic carboxylic acids is 1. The highest BCUT2D eigenvalue weighted by Gasteiger charge is 2.09.